The standard InChI is InChI=1S/C18H22N4O/c1-9-12-6-10(18(12,2)3)7-14(9)22-15-11-4-5-19-16(11)20-8-13(15)21-17(22)23/h4-5,8-10,12,14H,6-7H2,1-3H3,(H,19,20)(H,21,23)/t9-,10+,12-,14-/m0/s1. The Balaban J connectivity index is 1.73. The number of hydrogen-bond donors (Lipinski definition) is 2. The molecule has 0 amide bonds. The molecule has 5 nitrogen and oxygen atoms in total. The van der Waals surface area contributed by atoms with Gasteiger partial charge in [0.05, 0.1) is 17.2 Å². The summed E-state index contributed by atoms with van der Waals surface area (Å²) in [6.07, 6.45) is 6.09. The van der Waals surface area contributed by atoms with Crippen molar-refractivity contribution >= 4 is 22.1 Å². The van der Waals surface area contributed by atoms with E-state index in [-0.39, 0.29) is 11.7 Å². The van der Waals surface area contributed by atoms with Crippen molar-refractivity contribution < 1.29 is 0 Å². The van der Waals surface area contributed by atoms with Gasteiger partial charge in [-0.3, -0.25) is 4.57 Å². The second kappa shape index (κ2) is 4.08. The monoisotopic (exact) mass is 310 g/mol. The number of fused-ring (bicyclic) bond motifs is 5. The fraction of sp³-hybridized carbons (Fsp3) is 0.556. The third-order valence-electron chi connectivity index (χ3n) is 6.91. The number of aromatic nitrogens is 4. The molecule has 120 valence electrons. The lowest BCUT2D eigenvalue weighted by molar-refractivity contribution is -0.123. The molecule has 4 atom stereocenters. The first kappa shape index (κ1) is 13.4. The quantitative estimate of drug-likeness (QED) is 0.723. The van der Waals surface area contributed by atoms with Crippen molar-refractivity contribution in [2.75, 3.05) is 0 Å². The lowest BCUT2D eigenvalue weighted by Crippen LogP contribution is -2.55. The van der Waals surface area contributed by atoms with Crippen molar-refractivity contribution in [2.24, 2.45) is 23.2 Å². The van der Waals surface area contributed by atoms with Crippen LogP contribution in [0.1, 0.15) is 39.7 Å². The van der Waals surface area contributed by atoms with Gasteiger partial charge in [0.15, 0.2) is 0 Å². The van der Waals surface area contributed by atoms with Crippen molar-refractivity contribution in [2.45, 2.75) is 39.7 Å². The van der Waals surface area contributed by atoms with Crippen LogP contribution in [0.5, 0.6) is 0 Å². The maximum absolute atomic E-state index is 12.7. The molecule has 3 aromatic rings. The van der Waals surface area contributed by atoms with Crippen LogP contribution >= 0.6 is 0 Å². The predicted molar refractivity (Wildman–Crippen MR) is 90.4 cm³/mol. The van der Waals surface area contributed by atoms with Gasteiger partial charge in [-0.25, -0.2) is 9.78 Å². The first-order valence-electron chi connectivity index (χ1n) is 8.55. The molecule has 3 aliphatic rings. The molecule has 0 aliphatic heterocycles. The zero-order chi connectivity index (χ0) is 15.9. The van der Waals surface area contributed by atoms with Crippen molar-refractivity contribution in [3.8, 4) is 0 Å². The number of nitrogens with zero attached hydrogens (tertiary/aromatic N) is 2. The summed E-state index contributed by atoms with van der Waals surface area (Å²) in [6.45, 7) is 7.11. The summed E-state index contributed by atoms with van der Waals surface area (Å²) in [5.41, 5.74) is 3.13. The van der Waals surface area contributed by atoms with E-state index in [0.717, 1.165) is 34.4 Å². The Hall–Kier alpha value is -2.04. The molecule has 3 fully saturated rings. The average Bonchev–Trinajstić information content (AvgIpc) is 3.09. The topological polar surface area (TPSA) is 66.5 Å². The summed E-state index contributed by atoms with van der Waals surface area (Å²) in [4.78, 5) is 23.3. The highest BCUT2D eigenvalue weighted by Gasteiger charge is 2.56. The molecule has 3 aliphatic carbocycles. The smallest absolute Gasteiger partial charge is 0.326 e. The Morgan fingerprint density at radius 3 is 2.91 bits per heavy atom. The van der Waals surface area contributed by atoms with Crippen molar-refractivity contribution in [1.82, 2.24) is 19.5 Å². The molecule has 3 aromatic heterocycles. The van der Waals surface area contributed by atoms with E-state index in [0.29, 0.717) is 17.3 Å². The number of nitrogens with one attached hydrogen (secondary N) is 2. The van der Waals surface area contributed by atoms with Gasteiger partial charge >= 0.3 is 5.69 Å². The molecular formula is C18H22N4O. The molecule has 6 rings (SSSR count). The van der Waals surface area contributed by atoms with E-state index < -0.39 is 0 Å². The summed E-state index contributed by atoms with van der Waals surface area (Å²) in [7, 11) is 0. The van der Waals surface area contributed by atoms with Crippen LogP contribution in [0.15, 0.2) is 23.3 Å². The van der Waals surface area contributed by atoms with Gasteiger partial charge in [0.2, 0.25) is 0 Å². The number of aromatic amines is 2. The van der Waals surface area contributed by atoms with Gasteiger partial charge < -0.3 is 9.97 Å². The highest BCUT2D eigenvalue weighted by Crippen LogP contribution is 2.64. The SMILES string of the molecule is C[C@@H]1[C@@H](n2c(=O)[nH]c3cnc4[nH]ccc4c32)C[C@H]2C[C@@H]1C2(C)C. The number of pyridine rings is 1. The Bertz CT molecular complexity index is 976. The number of imidazole rings is 1. The third kappa shape index (κ3) is 1.53. The summed E-state index contributed by atoms with van der Waals surface area (Å²) in [5, 5.41) is 1.03. The molecule has 0 spiro atoms. The number of rotatable bonds is 1. The van der Waals surface area contributed by atoms with Crippen molar-refractivity contribution in [1.29, 1.82) is 0 Å². The largest absolute Gasteiger partial charge is 0.346 e. The molecule has 5 heteroatoms. The highest BCUT2D eigenvalue weighted by atomic mass is 16.1. The predicted octanol–water partition coefficient (Wildman–Crippen LogP) is 3.45. The molecule has 0 unspecified atom stereocenters. The van der Waals surface area contributed by atoms with Crippen LogP contribution < -0.4 is 5.69 Å². The van der Waals surface area contributed by atoms with Crippen LogP contribution in [-0.4, -0.2) is 19.5 Å². The number of H-pyrrole nitrogens is 2. The zero-order valence-corrected chi connectivity index (χ0v) is 13.8. The molecule has 0 radical (unpaired) electrons. The molecule has 3 heterocycles. The van der Waals surface area contributed by atoms with E-state index in [1.165, 1.54) is 6.42 Å². The van der Waals surface area contributed by atoms with Crippen molar-refractivity contribution in [3.63, 3.8) is 0 Å². The Morgan fingerprint density at radius 2 is 2.17 bits per heavy atom. The maximum Gasteiger partial charge on any atom is 0.326 e. The van der Waals surface area contributed by atoms with Gasteiger partial charge in [-0.05, 0) is 42.1 Å². The van der Waals surface area contributed by atoms with Crippen LogP contribution in [0, 0.1) is 23.2 Å². The lowest BCUT2D eigenvalue weighted by atomic mass is 9.44. The van der Waals surface area contributed by atoms with Crippen molar-refractivity contribution in [3.05, 3.63) is 28.9 Å². The molecule has 23 heavy (non-hydrogen) atoms. The van der Waals surface area contributed by atoms with E-state index in [2.05, 4.69) is 35.7 Å². The Morgan fingerprint density at radius 1 is 1.35 bits per heavy atom. The van der Waals surface area contributed by atoms with Crippen LogP contribution in [0.2, 0.25) is 0 Å². The average molecular weight is 310 g/mol. The second-order valence-electron chi connectivity index (χ2n) is 8.08. The Labute approximate surface area is 134 Å². The fourth-order valence-corrected chi connectivity index (χ4v) is 5.40. The van der Waals surface area contributed by atoms with Gasteiger partial charge in [-0.15, -0.1) is 0 Å². The summed E-state index contributed by atoms with van der Waals surface area (Å²) < 4.78 is 2.02. The van der Waals surface area contributed by atoms with Gasteiger partial charge in [-0.1, -0.05) is 20.8 Å². The maximum atomic E-state index is 12.7. The normalized spacial score (nSPS) is 32.3. The van der Waals surface area contributed by atoms with Gasteiger partial charge in [0.25, 0.3) is 0 Å². The van der Waals surface area contributed by atoms with Gasteiger partial charge in [0.1, 0.15) is 5.65 Å². The number of hydrogen-bond acceptors (Lipinski definition) is 2. The zero-order valence-electron chi connectivity index (χ0n) is 13.8. The first-order chi connectivity index (χ1) is 11.0. The molecule has 0 aromatic carbocycles. The van der Waals surface area contributed by atoms with Gasteiger partial charge in [-0.2, -0.15) is 0 Å². The van der Waals surface area contributed by atoms with Crippen LogP contribution in [0.25, 0.3) is 22.1 Å². The molecule has 0 saturated heterocycles. The minimum Gasteiger partial charge on any atom is -0.346 e. The molecule has 2 N–H and O–H groups in total. The minimum atomic E-state index is 0.00598. The summed E-state index contributed by atoms with van der Waals surface area (Å²) >= 11 is 0. The van der Waals surface area contributed by atoms with Crippen LogP contribution in [-0.2, 0) is 0 Å². The molecular weight excluding hydrogens is 288 g/mol. The third-order valence-corrected chi connectivity index (χ3v) is 6.91. The van der Waals surface area contributed by atoms with E-state index in [4.69, 9.17) is 0 Å². The van der Waals surface area contributed by atoms with Crippen LogP contribution in [0.4, 0.5) is 0 Å². The summed E-state index contributed by atoms with van der Waals surface area (Å²) in [6, 6.07) is 2.31. The fourth-order valence-electron chi connectivity index (χ4n) is 5.40. The molecule has 3 saturated carbocycles. The van der Waals surface area contributed by atoms with E-state index >= 15 is 0 Å². The van der Waals surface area contributed by atoms with E-state index in [1.807, 2.05) is 16.8 Å². The summed E-state index contributed by atoms with van der Waals surface area (Å²) in [5.74, 6) is 1.97. The molecule has 2 bridgehead atoms. The second-order valence-corrected chi connectivity index (χ2v) is 8.08. The lowest BCUT2D eigenvalue weighted by Gasteiger charge is -2.62. The van der Waals surface area contributed by atoms with Gasteiger partial charge in [0, 0.05) is 17.6 Å². The first-order valence-corrected chi connectivity index (χ1v) is 8.55. The minimum absolute atomic E-state index is 0.00598. The Kier molecular flexibility index (Phi) is 2.37. The highest BCUT2D eigenvalue weighted by molar-refractivity contribution is 6.00. The van der Waals surface area contributed by atoms with E-state index in [9.17, 15) is 4.79 Å². The van der Waals surface area contributed by atoms with Crippen LogP contribution in [0.3, 0.4) is 0 Å². The van der Waals surface area contributed by atoms with E-state index in [1.54, 1.807) is 6.20 Å².